The van der Waals surface area contributed by atoms with Crippen molar-refractivity contribution in [1.29, 1.82) is 0 Å². The summed E-state index contributed by atoms with van der Waals surface area (Å²) in [7, 11) is 0. The molecule has 0 atom stereocenters. The fraction of sp³-hybridized carbons (Fsp3) is 0.462. The SMILES string of the molecule is CC(=O)NC(C)(C)CN1Cc2nc(Cl)ccc2C1=O. The Labute approximate surface area is 117 Å². The molecule has 0 unspecified atom stereocenters. The molecule has 1 aliphatic heterocycles. The van der Waals surface area contributed by atoms with E-state index in [-0.39, 0.29) is 11.8 Å². The van der Waals surface area contributed by atoms with Crippen molar-refractivity contribution in [2.75, 3.05) is 6.54 Å². The molecular weight excluding hydrogens is 266 g/mol. The maximum atomic E-state index is 12.2. The Morgan fingerprint density at radius 2 is 2.21 bits per heavy atom. The number of nitrogens with one attached hydrogen (secondary N) is 1. The van der Waals surface area contributed by atoms with Gasteiger partial charge in [-0.2, -0.15) is 0 Å². The number of fused-ring (bicyclic) bond motifs is 1. The van der Waals surface area contributed by atoms with Crippen molar-refractivity contribution in [3.63, 3.8) is 0 Å². The van der Waals surface area contributed by atoms with Gasteiger partial charge >= 0.3 is 0 Å². The Hall–Kier alpha value is -1.62. The van der Waals surface area contributed by atoms with Gasteiger partial charge < -0.3 is 10.2 Å². The van der Waals surface area contributed by atoms with E-state index in [4.69, 9.17) is 11.6 Å². The van der Waals surface area contributed by atoms with Crippen LogP contribution in [-0.4, -0.2) is 33.8 Å². The summed E-state index contributed by atoms with van der Waals surface area (Å²) in [5.41, 5.74) is 0.798. The smallest absolute Gasteiger partial charge is 0.256 e. The molecule has 102 valence electrons. The van der Waals surface area contributed by atoms with Crippen LogP contribution >= 0.6 is 11.6 Å². The number of rotatable bonds is 3. The summed E-state index contributed by atoms with van der Waals surface area (Å²) in [5, 5.41) is 3.21. The van der Waals surface area contributed by atoms with E-state index >= 15 is 0 Å². The van der Waals surface area contributed by atoms with Crippen molar-refractivity contribution in [1.82, 2.24) is 15.2 Å². The second-order valence-corrected chi connectivity index (χ2v) is 5.74. The van der Waals surface area contributed by atoms with Gasteiger partial charge in [-0.15, -0.1) is 0 Å². The number of halogens is 1. The number of nitrogens with zero attached hydrogens (tertiary/aromatic N) is 2. The van der Waals surface area contributed by atoms with E-state index in [2.05, 4.69) is 10.3 Å². The topological polar surface area (TPSA) is 62.3 Å². The lowest BCUT2D eigenvalue weighted by Crippen LogP contribution is -2.50. The molecule has 2 rings (SSSR count). The summed E-state index contributed by atoms with van der Waals surface area (Å²) < 4.78 is 0. The Balaban J connectivity index is 2.14. The maximum absolute atomic E-state index is 12.2. The minimum atomic E-state index is -0.479. The van der Waals surface area contributed by atoms with Crippen LogP contribution in [0.25, 0.3) is 0 Å². The number of carbonyl (C=O) groups excluding carboxylic acids is 2. The molecular formula is C13H16ClN3O2. The largest absolute Gasteiger partial charge is 0.350 e. The highest BCUT2D eigenvalue weighted by Gasteiger charge is 2.33. The molecule has 0 bridgehead atoms. The van der Waals surface area contributed by atoms with Crippen LogP contribution in [0.2, 0.25) is 5.15 Å². The van der Waals surface area contributed by atoms with E-state index in [0.29, 0.717) is 29.5 Å². The molecule has 19 heavy (non-hydrogen) atoms. The Kier molecular flexibility index (Phi) is 3.49. The van der Waals surface area contributed by atoms with Gasteiger partial charge in [0, 0.05) is 13.5 Å². The molecule has 0 aliphatic carbocycles. The molecule has 1 N–H and O–H groups in total. The predicted molar refractivity (Wildman–Crippen MR) is 71.9 cm³/mol. The van der Waals surface area contributed by atoms with Crippen LogP contribution in [0.4, 0.5) is 0 Å². The first-order valence-corrected chi connectivity index (χ1v) is 6.40. The zero-order chi connectivity index (χ0) is 14.2. The molecule has 2 amide bonds. The molecule has 5 nitrogen and oxygen atoms in total. The van der Waals surface area contributed by atoms with Crippen molar-refractivity contribution in [2.45, 2.75) is 32.9 Å². The van der Waals surface area contributed by atoms with Crippen molar-refractivity contribution in [2.24, 2.45) is 0 Å². The highest BCUT2D eigenvalue weighted by atomic mass is 35.5. The lowest BCUT2D eigenvalue weighted by molar-refractivity contribution is -0.120. The van der Waals surface area contributed by atoms with E-state index in [9.17, 15) is 9.59 Å². The van der Waals surface area contributed by atoms with E-state index in [1.54, 1.807) is 17.0 Å². The minimum absolute atomic E-state index is 0.0717. The monoisotopic (exact) mass is 281 g/mol. The van der Waals surface area contributed by atoms with Gasteiger partial charge in [0.15, 0.2) is 0 Å². The normalized spacial score (nSPS) is 14.5. The molecule has 0 saturated carbocycles. The maximum Gasteiger partial charge on any atom is 0.256 e. The van der Waals surface area contributed by atoms with E-state index in [0.717, 1.165) is 0 Å². The third kappa shape index (κ3) is 3.04. The molecule has 0 radical (unpaired) electrons. The molecule has 1 aromatic heterocycles. The van der Waals surface area contributed by atoms with Gasteiger partial charge in [-0.1, -0.05) is 11.6 Å². The summed E-state index contributed by atoms with van der Waals surface area (Å²) in [4.78, 5) is 29.2. The summed E-state index contributed by atoms with van der Waals surface area (Å²) >= 11 is 5.82. The van der Waals surface area contributed by atoms with Crippen LogP contribution < -0.4 is 5.32 Å². The third-order valence-electron chi connectivity index (χ3n) is 2.90. The number of hydrogen-bond acceptors (Lipinski definition) is 3. The second-order valence-electron chi connectivity index (χ2n) is 5.35. The molecule has 0 saturated heterocycles. The first-order chi connectivity index (χ1) is 8.78. The van der Waals surface area contributed by atoms with E-state index in [1.807, 2.05) is 13.8 Å². The van der Waals surface area contributed by atoms with Crippen molar-refractivity contribution >= 4 is 23.4 Å². The highest BCUT2D eigenvalue weighted by molar-refractivity contribution is 6.29. The van der Waals surface area contributed by atoms with Crippen LogP contribution in [0.15, 0.2) is 12.1 Å². The van der Waals surface area contributed by atoms with Gasteiger partial charge in [0.05, 0.1) is 23.3 Å². The Morgan fingerprint density at radius 3 is 2.84 bits per heavy atom. The summed E-state index contributed by atoms with van der Waals surface area (Å²) in [6.07, 6.45) is 0. The molecule has 1 aliphatic rings. The average molecular weight is 282 g/mol. The van der Waals surface area contributed by atoms with Gasteiger partial charge in [0.25, 0.3) is 5.91 Å². The van der Waals surface area contributed by atoms with E-state index < -0.39 is 5.54 Å². The lowest BCUT2D eigenvalue weighted by atomic mass is 10.1. The quantitative estimate of drug-likeness (QED) is 0.856. The average Bonchev–Trinajstić information content (AvgIpc) is 2.52. The predicted octanol–water partition coefficient (Wildman–Crippen LogP) is 1.61. The summed E-state index contributed by atoms with van der Waals surface area (Å²) in [5.74, 6) is -0.187. The molecule has 2 heterocycles. The number of amides is 2. The molecule has 6 heteroatoms. The number of aromatic nitrogens is 1. The fourth-order valence-corrected chi connectivity index (χ4v) is 2.50. The van der Waals surface area contributed by atoms with Gasteiger partial charge in [0.1, 0.15) is 5.15 Å². The van der Waals surface area contributed by atoms with Gasteiger partial charge in [-0.25, -0.2) is 4.98 Å². The minimum Gasteiger partial charge on any atom is -0.350 e. The second kappa shape index (κ2) is 4.81. The molecule has 0 spiro atoms. The summed E-state index contributed by atoms with van der Waals surface area (Å²) in [6, 6.07) is 3.30. The van der Waals surface area contributed by atoms with Crippen molar-refractivity contribution in [3.8, 4) is 0 Å². The van der Waals surface area contributed by atoms with Crippen LogP contribution in [-0.2, 0) is 11.3 Å². The fourth-order valence-electron chi connectivity index (χ4n) is 2.33. The van der Waals surface area contributed by atoms with Crippen LogP contribution in [0.5, 0.6) is 0 Å². The third-order valence-corrected chi connectivity index (χ3v) is 3.11. The number of pyridine rings is 1. The molecule has 0 fully saturated rings. The van der Waals surface area contributed by atoms with Gasteiger partial charge in [-0.05, 0) is 26.0 Å². The van der Waals surface area contributed by atoms with E-state index in [1.165, 1.54) is 6.92 Å². The molecule has 0 aromatic carbocycles. The van der Waals surface area contributed by atoms with Crippen LogP contribution in [0.1, 0.15) is 36.8 Å². The Morgan fingerprint density at radius 1 is 1.53 bits per heavy atom. The standard InChI is InChI=1S/C13H16ClN3O2/c1-8(18)16-13(2,3)7-17-6-10-9(12(17)19)4-5-11(14)15-10/h4-5H,6-7H2,1-3H3,(H,16,18). The van der Waals surface area contributed by atoms with Crippen LogP contribution in [0, 0.1) is 0 Å². The first-order valence-electron chi connectivity index (χ1n) is 6.02. The zero-order valence-corrected chi connectivity index (χ0v) is 11.9. The van der Waals surface area contributed by atoms with Crippen molar-refractivity contribution < 1.29 is 9.59 Å². The number of carbonyl (C=O) groups is 2. The van der Waals surface area contributed by atoms with Crippen LogP contribution in [0.3, 0.4) is 0 Å². The van der Waals surface area contributed by atoms with Crippen molar-refractivity contribution in [3.05, 3.63) is 28.5 Å². The lowest BCUT2D eigenvalue weighted by Gasteiger charge is -2.30. The summed E-state index contributed by atoms with van der Waals surface area (Å²) in [6.45, 7) is 6.08. The zero-order valence-electron chi connectivity index (χ0n) is 11.2. The highest BCUT2D eigenvalue weighted by Crippen LogP contribution is 2.24. The first kappa shape index (κ1) is 13.8. The Bertz CT molecular complexity index is 543. The van der Waals surface area contributed by atoms with Gasteiger partial charge in [0.2, 0.25) is 5.91 Å². The van der Waals surface area contributed by atoms with Gasteiger partial charge in [-0.3, -0.25) is 9.59 Å². The molecule has 1 aromatic rings. The number of hydrogen-bond donors (Lipinski definition) is 1.